The van der Waals surface area contributed by atoms with Crippen molar-refractivity contribution in [2.45, 2.75) is 6.23 Å². The maximum atomic E-state index is 11.6. The van der Waals surface area contributed by atoms with Gasteiger partial charge in [-0.15, -0.1) is 0 Å². The highest BCUT2D eigenvalue weighted by atomic mass is 16.6. The van der Waals surface area contributed by atoms with E-state index in [-0.39, 0.29) is 12.2 Å². The van der Waals surface area contributed by atoms with Crippen LogP contribution in [0.2, 0.25) is 0 Å². The average molecular weight is 219 g/mol. The highest BCUT2D eigenvalue weighted by Crippen LogP contribution is 2.33. The molecule has 4 nitrogen and oxygen atoms in total. The van der Waals surface area contributed by atoms with Crippen LogP contribution in [-0.2, 0) is 9.47 Å². The van der Waals surface area contributed by atoms with Crippen molar-refractivity contribution in [2.24, 2.45) is 0 Å². The van der Waals surface area contributed by atoms with Crippen molar-refractivity contribution in [1.82, 2.24) is 4.90 Å². The lowest BCUT2D eigenvalue weighted by atomic mass is 10.1. The lowest BCUT2D eigenvalue weighted by molar-refractivity contribution is -0.0658. The van der Waals surface area contributed by atoms with Gasteiger partial charge in [-0.25, -0.2) is 4.79 Å². The van der Waals surface area contributed by atoms with E-state index >= 15 is 0 Å². The van der Waals surface area contributed by atoms with Gasteiger partial charge >= 0.3 is 5.97 Å². The van der Waals surface area contributed by atoms with E-state index in [0.29, 0.717) is 18.8 Å². The summed E-state index contributed by atoms with van der Waals surface area (Å²) in [5.41, 5.74) is 1.67. The van der Waals surface area contributed by atoms with Gasteiger partial charge in [0.05, 0.1) is 18.8 Å². The second-order valence-electron chi connectivity index (χ2n) is 3.99. The minimum Gasteiger partial charge on any atom is -0.438 e. The monoisotopic (exact) mass is 219 g/mol. The zero-order valence-electron chi connectivity index (χ0n) is 8.89. The molecule has 1 fully saturated rings. The smallest absolute Gasteiger partial charge is 0.340 e. The van der Waals surface area contributed by atoms with Crippen LogP contribution >= 0.6 is 0 Å². The number of fused-ring (bicyclic) bond motifs is 1. The van der Waals surface area contributed by atoms with Crippen LogP contribution in [0.3, 0.4) is 0 Å². The summed E-state index contributed by atoms with van der Waals surface area (Å²) in [7, 11) is 0. The zero-order valence-corrected chi connectivity index (χ0v) is 8.89. The number of esters is 1. The Morgan fingerprint density at radius 3 is 2.75 bits per heavy atom. The van der Waals surface area contributed by atoms with Crippen molar-refractivity contribution in [3.63, 3.8) is 0 Å². The molecule has 2 heterocycles. The Bertz CT molecular complexity index is 412. The normalized spacial score (nSPS) is 25.2. The van der Waals surface area contributed by atoms with Gasteiger partial charge in [0.15, 0.2) is 6.23 Å². The lowest BCUT2D eigenvalue weighted by Crippen LogP contribution is -2.39. The number of benzene rings is 1. The summed E-state index contributed by atoms with van der Waals surface area (Å²) in [5, 5.41) is 0. The molecule has 0 N–H and O–H groups in total. The quantitative estimate of drug-likeness (QED) is 0.665. The molecule has 2 aliphatic rings. The Hall–Kier alpha value is -1.39. The molecule has 0 radical (unpaired) electrons. The van der Waals surface area contributed by atoms with Crippen LogP contribution in [0.1, 0.15) is 22.1 Å². The number of nitrogens with zero attached hydrogens (tertiary/aromatic N) is 1. The molecule has 3 rings (SSSR count). The van der Waals surface area contributed by atoms with Crippen molar-refractivity contribution in [3.05, 3.63) is 35.4 Å². The summed E-state index contributed by atoms with van der Waals surface area (Å²) < 4.78 is 10.7. The van der Waals surface area contributed by atoms with Crippen LogP contribution in [0.15, 0.2) is 24.3 Å². The molecular weight excluding hydrogens is 206 g/mol. The molecule has 0 saturated carbocycles. The summed E-state index contributed by atoms with van der Waals surface area (Å²) >= 11 is 0. The third-order valence-electron chi connectivity index (χ3n) is 3.04. The Labute approximate surface area is 93.8 Å². The van der Waals surface area contributed by atoms with E-state index < -0.39 is 0 Å². The largest absolute Gasteiger partial charge is 0.438 e. The molecule has 0 bridgehead atoms. The lowest BCUT2D eigenvalue weighted by Gasteiger charge is -2.31. The van der Waals surface area contributed by atoms with E-state index in [9.17, 15) is 4.79 Å². The van der Waals surface area contributed by atoms with Gasteiger partial charge in [0.2, 0.25) is 0 Å². The Kier molecular flexibility index (Phi) is 2.38. The SMILES string of the molecule is O=C1O[C@@H](N2CCOCC2)c2ccccc21. The van der Waals surface area contributed by atoms with E-state index in [1.54, 1.807) is 0 Å². The van der Waals surface area contributed by atoms with Crippen molar-refractivity contribution in [1.29, 1.82) is 0 Å². The van der Waals surface area contributed by atoms with Gasteiger partial charge in [-0.3, -0.25) is 4.90 Å². The van der Waals surface area contributed by atoms with E-state index in [1.165, 1.54) is 0 Å². The third kappa shape index (κ3) is 1.50. The number of cyclic esters (lactones) is 1. The first-order valence-corrected chi connectivity index (χ1v) is 5.48. The summed E-state index contributed by atoms with van der Waals surface area (Å²) in [4.78, 5) is 13.8. The fourth-order valence-electron chi connectivity index (χ4n) is 2.21. The highest BCUT2D eigenvalue weighted by Gasteiger charge is 2.35. The molecule has 0 spiro atoms. The van der Waals surface area contributed by atoms with Crippen molar-refractivity contribution in [3.8, 4) is 0 Å². The van der Waals surface area contributed by atoms with Gasteiger partial charge in [-0.2, -0.15) is 0 Å². The van der Waals surface area contributed by atoms with Crippen molar-refractivity contribution in [2.75, 3.05) is 26.3 Å². The van der Waals surface area contributed by atoms with Gasteiger partial charge in [-0.1, -0.05) is 18.2 Å². The molecule has 84 valence electrons. The summed E-state index contributed by atoms with van der Waals surface area (Å²) in [6, 6.07) is 7.58. The second-order valence-corrected chi connectivity index (χ2v) is 3.99. The summed E-state index contributed by atoms with van der Waals surface area (Å²) in [6.45, 7) is 3.03. The molecule has 1 atom stereocenters. The average Bonchev–Trinajstić information content (AvgIpc) is 2.69. The molecule has 0 aromatic heterocycles. The van der Waals surface area contributed by atoms with E-state index in [0.717, 1.165) is 18.7 Å². The second kappa shape index (κ2) is 3.88. The van der Waals surface area contributed by atoms with E-state index in [4.69, 9.17) is 9.47 Å². The van der Waals surface area contributed by atoms with Gasteiger partial charge in [-0.05, 0) is 6.07 Å². The number of rotatable bonds is 1. The van der Waals surface area contributed by atoms with Crippen LogP contribution in [0, 0.1) is 0 Å². The van der Waals surface area contributed by atoms with Crippen molar-refractivity contribution >= 4 is 5.97 Å². The fourth-order valence-corrected chi connectivity index (χ4v) is 2.21. The van der Waals surface area contributed by atoms with Crippen LogP contribution in [0.5, 0.6) is 0 Å². The number of ether oxygens (including phenoxy) is 2. The van der Waals surface area contributed by atoms with Crippen LogP contribution in [0.25, 0.3) is 0 Å². The first-order chi connectivity index (χ1) is 7.86. The predicted molar refractivity (Wildman–Crippen MR) is 57.0 cm³/mol. The first-order valence-electron chi connectivity index (χ1n) is 5.48. The van der Waals surface area contributed by atoms with Crippen LogP contribution < -0.4 is 0 Å². The Morgan fingerprint density at radius 2 is 1.94 bits per heavy atom. The van der Waals surface area contributed by atoms with Crippen LogP contribution in [0.4, 0.5) is 0 Å². The molecule has 0 unspecified atom stereocenters. The summed E-state index contributed by atoms with van der Waals surface area (Å²) in [5.74, 6) is -0.216. The maximum absolute atomic E-state index is 11.6. The number of morpholine rings is 1. The maximum Gasteiger partial charge on any atom is 0.340 e. The van der Waals surface area contributed by atoms with E-state index in [1.807, 2.05) is 24.3 Å². The minimum atomic E-state index is -0.216. The molecule has 1 aromatic rings. The molecule has 4 heteroatoms. The predicted octanol–water partition coefficient (Wildman–Crippen LogP) is 1.19. The zero-order chi connectivity index (χ0) is 11.0. The molecule has 16 heavy (non-hydrogen) atoms. The number of hydrogen-bond acceptors (Lipinski definition) is 4. The third-order valence-corrected chi connectivity index (χ3v) is 3.04. The Morgan fingerprint density at radius 1 is 1.19 bits per heavy atom. The van der Waals surface area contributed by atoms with Gasteiger partial charge in [0, 0.05) is 18.7 Å². The molecule has 0 amide bonds. The molecule has 0 aliphatic carbocycles. The number of carbonyl (C=O) groups excluding carboxylic acids is 1. The topological polar surface area (TPSA) is 38.8 Å². The Balaban J connectivity index is 1.90. The van der Waals surface area contributed by atoms with Gasteiger partial charge < -0.3 is 9.47 Å². The van der Waals surface area contributed by atoms with Gasteiger partial charge in [0.25, 0.3) is 0 Å². The number of hydrogen-bond donors (Lipinski definition) is 0. The van der Waals surface area contributed by atoms with Gasteiger partial charge in [0.1, 0.15) is 0 Å². The first kappa shape index (κ1) is 9.81. The standard InChI is InChI=1S/C12H13NO3/c14-12-10-4-2-1-3-9(10)11(16-12)13-5-7-15-8-6-13/h1-4,11H,5-8H2/t11-/m1/s1. The van der Waals surface area contributed by atoms with Crippen molar-refractivity contribution < 1.29 is 14.3 Å². The highest BCUT2D eigenvalue weighted by molar-refractivity contribution is 5.93. The molecule has 2 aliphatic heterocycles. The minimum absolute atomic E-state index is 0.215. The summed E-state index contributed by atoms with van der Waals surface area (Å²) in [6.07, 6.45) is -0.215. The molecule has 1 saturated heterocycles. The van der Waals surface area contributed by atoms with E-state index in [2.05, 4.69) is 4.90 Å². The number of carbonyl (C=O) groups is 1. The van der Waals surface area contributed by atoms with Crippen LogP contribution in [-0.4, -0.2) is 37.2 Å². The molecule has 1 aromatic carbocycles. The molecular formula is C12H13NO3. The fraction of sp³-hybridized carbons (Fsp3) is 0.417.